The first kappa shape index (κ1) is 21.4. The highest BCUT2D eigenvalue weighted by molar-refractivity contribution is 6.32. The van der Waals surface area contributed by atoms with Crippen molar-refractivity contribution in [2.45, 2.75) is 0 Å². The van der Waals surface area contributed by atoms with E-state index in [9.17, 15) is 14.7 Å². The summed E-state index contributed by atoms with van der Waals surface area (Å²) in [6.07, 6.45) is 3.04. The number of nitrogens with one attached hydrogen (secondary N) is 2. The minimum atomic E-state index is -2.62. The minimum absolute atomic E-state index is 0.0320. The van der Waals surface area contributed by atoms with Crippen LogP contribution in [-0.4, -0.2) is 33.9 Å². The summed E-state index contributed by atoms with van der Waals surface area (Å²) in [6, 6.07) is 18.8. The molecule has 0 aliphatic heterocycles. The van der Waals surface area contributed by atoms with Crippen LogP contribution in [-0.2, 0) is 0 Å². The Kier molecular flexibility index (Phi) is 7.56. The van der Waals surface area contributed by atoms with E-state index >= 15 is 0 Å². The number of methoxy groups -OCH3 is 1. The second-order valence-electron chi connectivity index (χ2n) is 6.75. The van der Waals surface area contributed by atoms with Gasteiger partial charge in [0.1, 0.15) is 22.9 Å². The predicted octanol–water partition coefficient (Wildman–Crippen LogP) is 5.69. The van der Waals surface area contributed by atoms with Gasteiger partial charge in [-0.05, 0) is 48.5 Å². The molecule has 0 unspecified atom stereocenters. The number of halogens is 2. The number of phenolic OH excluding ortho intramolecular Hbond substituents is 1. The van der Waals surface area contributed by atoms with Gasteiger partial charge in [-0.25, -0.2) is 0 Å². The van der Waals surface area contributed by atoms with Gasteiger partial charge in [-0.1, -0.05) is 35.3 Å². The zero-order chi connectivity index (χ0) is 27.7. The van der Waals surface area contributed by atoms with E-state index in [1.165, 1.54) is 42.7 Å². The molecule has 0 aliphatic carbocycles. The van der Waals surface area contributed by atoms with Gasteiger partial charge in [-0.2, -0.15) is 0 Å². The highest BCUT2D eigenvalue weighted by atomic mass is 35.5. The summed E-state index contributed by atoms with van der Waals surface area (Å²) >= 11 is 11.5. The van der Waals surface area contributed by atoms with Gasteiger partial charge in [-0.3, -0.25) is 19.6 Å². The highest BCUT2D eigenvalue weighted by Gasteiger charge is 2.09. The number of benzene rings is 2. The van der Waals surface area contributed by atoms with E-state index in [2.05, 4.69) is 20.6 Å². The van der Waals surface area contributed by atoms with E-state index in [0.717, 1.165) is 0 Å². The molecular formula is C25H20Cl2N4O4. The van der Waals surface area contributed by atoms with Crippen LogP contribution in [0.15, 0.2) is 85.2 Å². The first-order chi connectivity index (χ1) is 18.0. The molecule has 4 aromatic rings. The Balaban J connectivity index is 0.000000215. The normalized spacial score (nSPS) is 11.5. The molecule has 2 aromatic carbocycles. The van der Waals surface area contributed by atoms with Gasteiger partial charge < -0.3 is 20.5 Å². The molecule has 2 amide bonds. The van der Waals surface area contributed by atoms with Crippen molar-refractivity contribution in [2.24, 2.45) is 0 Å². The summed E-state index contributed by atoms with van der Waals surface area (Å²) in [5.41, 5.74) is 1.37. The third-order valence-electron chi connectivity index (χ3n) is 4.30. The fourth-order valence-corrected chi connectivity index (χ4v) is 2.91. The average Bonchev–Trinajstić information content (AvgIpc) is 2.89. The van der Waals surface area contributed by atoms with Gasteiger partial charge in [0.15, 0.2) is 0 Å². The van der Waals surface area contributed by atoms with Gasteiger partial charge >= 0.3 is 0 Å². The van der Waals surface area contributed by atoms with Gasteiger partial charge in [0.2, 0.25) is 0 Å². The zero-order valence-corrected chi connectivity index (χ0v) is 19.4. The van der Waals surface area contributed by atoms with Crippen LogP contribution in [0.2, 0.25) is 10.0 Å². The van der Waals surface area contributed by atoms with Crippen molar-refractivity contribution in [3.05, 3.63) is 107 Å². The van der Waals surface area contributed by atoms with Crippen molar-refractivity contribution in [3.8, 4) is 11.5 Å². The maximum Gasteiger partial charge on any atom is 0.274 e. The molecule has 8 nitrogen and oxygen atoms in total. The number of ether oxygens (including phenoxy) is 1. The molecule has 0 spiro atoms. The molecule has 0 aliphatic rings. The second-order valence-corrected chi connectivity index (χ2v) is 7.57. The van der Waals surface area contributed by atoms with E-state index in [-0.39, 0.29) is 33.1 Å². The SMILES string of the molecule is O=C(Nc1ccc(Cl)c(O)c1)c1ccccn1.[3H]C([3H])([3H])Oc1cc(NC(=O)c2ccccn2)ccc1Cl. The molecule has 0 radical (unpaired) electrons. The van der Waals surface area contributed by atoms with Gasteiger partial charge in [0.05, 0.1) is 21.2 Å². The van der Waals surface area contributed by atoms with Gasteiger partial charge in [0.25, 0.3) is 11.8 Å². The number of anilines is 2. The van der Waals surface area contributed by atoms with Gasteiger partial charge in [-0.15, -0.1) is 0 Å². The number of hydrogen-bond acceptors (Lipinski definition) is 6. The summed E-state index contributed by atoms with van der Waals surface area (Å²) in [4.78, 5) is 31.5. The Morgan fingerprint density at radius 1 is 0.829 bits per heavy atom. The summed E-state index contributed by atoms with van der Waals surface area (Å²) in [6.45, 7) is 0. The average molecular weight is 517 g/mol. The predicted molar refractivity (Wildman–Crippen MR) is 136 cm³/mol. The van der Waals surface area contributed by atoms with Crippen molar-refractivity contribution >= 4 is 46.4 Å². The van der Waals surface area contributed by atoms with Crippen LogP contribution in [0, 0.1) is 0 Å². The number of aromatic nitrogens is 2. The van der Waals surface area contributed by atoms with Crippen molar-refractivity contribution in [1.29, 1.82) is 0 Å². The summed E-state index contributed by atoms with van der Waals surface area (Å²) in [5.74, 6) is -0.869. The molecule has 178 valence electrons. The Morgan fingerprint density at radius 3 is 1.86 bits per heavy atom. The van der Waals surface area contributed by atoms with Crippen LogP contribution in [0.5, 0.6) is 11.5 Å². The second kappa shape index (κ2) is 12.4. The molecule has 0 saturated heterocycles. The quantitative estimate of drug-likeness (QED) is 0.314. The van der Waals surface area contributed by atoms with Crippen molar-refractivity contribution in [3.63, 3.8) is 0 Å². The Morgan fingerprint density at radius 2 is 1.37 bits per heavy atom. The van der Waals surface area contributed by atoms with Crippen LogP contribution >= 0.6 is 23.2 Å². The number of pyridine rings is 2. The molecule has 4 rings (SSSR count). The van der Waals surface area contributed by atoms with Crippen LogP contribution < -0.4 is 15.4 Å². The molecule has 2 aromatic heterocycles. The monoisotopic (exact) mass is 516 g/mol. The number of carbonyl (C=O) groups is 2. The van der Waals surface area contributed by atoms with E-state index < -0.39 is 12.9 Å². The highest BCUT2D eigenvalue weighted by Crippen LogP contribution is 2.28. The number of hydrogen-bond donors (Lipinski definition) is 3. The van der Waals surface area contributed by atoms with E-state index in [1.807, 2.05) is 0 Å². The van der Waals surface area contributed by atoms with Crippen LogP contribution in [0.4, 0.5) is 11.4 Å². The topological polar surface area (TPSA) is 113 Å². The Labute approximate surface area is 215 Å². The van der Waals surface area contributed by atoms with Gasteiger partial charge in [0, 0.05) is 35.9 Å². The zero-order valence-electron chi connectivity index (χ0n) is 20.9. The maximum atomic E-state index is 11.9. The first-order valence-electron chi connectivity index (χ1n) is 11.4. The summed E-state index contributed by atoms with van der Waals surface area (Å²) < 4.78 is 26.0. The largest absolute Gasteiger partial charge is 0.506 e. The van der Waals surface area contributed by atoms with E-state index in [4.69, 9.17) is 32.1 Å². The summed E-state index contributed by atoms with van der Waals surface area (Å²) in [7, 11) is -2.62. The number of rotatable bonds is 5. The lowest BCUT2D eigenvalue weighted by atomic mass is 10.2. The first-order valence-corrected chi connectivity index (χ1v) is 10.7. The molecule has 0 saturated carbocycles. The summed E-state index contributed by atoms with van der Waals surface area (Å²) in [5, 5.41) is 15.0. The van der Waals surface area contributed by atoms with E-state index in [0.29, 0.717) is 17.1 Å². The lowest BCUT2D eigenvalue weighted by molar-refractivity contribution is 0.101. The molecule has 0 atom stereocenters. The lowest BCUT2D eigenvalue weighted by Crippen LogP contribution is -2.13. The molecular weight excluding hydrogens is 491 g/mol. The molecule has 35 heavy (non-hydrogen) atoms. The van der Waals surface area contributed by atoms with Crippen molar-refractivity contribution < 1.29 is 23.5 Å². The third kappa shape index (κ3) is 7.43. The number of phenols is 1. The minimum Gasteiger partial charge on any atom is -0.506 e. The van der Waals surface area contributed by atoms with Crippen molar-refractivity contribution in [1.82, 2.24) is 9.97 Å². The molecule has 0 bridgehead atoms. The molecule has 2 heterocycles. The number of aromatic hydroxyl groups is 1. The third-order valence-corrected chi connectivity index (χ3v) is 4.93. The Hall–Kier alpha value is -4.14. The van der Waals surface area contributed by atoms with E-state index in [1.54, 1.807) is 42.5 Å². The fraction of sp³-hybridized carbons (Fsp3) is 0.0400. The maximum absolute atomic E-state index is 11.9. The molecule has 0 fully saturated rings. The van der Waals surface area contributed by atoms with Crippen LogP contribution in [0.1, 0.15) is 25.1 Å². The number of amides is 2. The smallest absolute Gasteiger partial charge is 0.274 e. The standard InChI is InChI=1S/C13H11ClN2O2.C12H9ClN2O2/c1-18-12-8-9(5-6-10(12)14)16-13(17)11-4-2-3-7-15-11;13-9-5-4-8(7-11(9)16)15-12(17)10-3-1-2-6-14-10/h2-8H,1H3,(H,16,17);1-7,16H,(H,15,17)/i1T3;. The number of nitrogens with zero attached hydrogens (tertiary/aromatic N) is 2. The lowest BCUT2D eigenvalue weighted by Gasteiger charge is -2.07. The van der Waals surface area contributed by atoms with Crippen LogP contribution in [0.3, 0.4) is 0 Å². The molecule has 10 heteroatoms. The Bertz CT molecular complexity index is 1410. The van der Waals surface area contributed by atoms with Crippen LogP contribution in [0.25, 0.3) is 0 Å². The molecule has 3 N–H and O–H groups in total. The fourth-order valence-electron chi connectivity index (χ4n) is 2.63. The number of carbonyl (C=O) groups excluding carboxylic acids is 2. The van der Waals surface area contributed by atoms with Crippen molar-refractivity contribution in [2.75, 3.05) is 17.7 Å².